The Morgan fingerprint density at radius 2 is 1.71 bits per heavy atom. The van der Waals surface area contributed by atoms with Gasteiger partial charge in [0.05, 0.1) is 16.3 Å². The molecule has 154 valence electrons. The Morgan fingerprint density at radius 3 is 2.29 bits per heavy atom. The smallest absolute Gasteiger partial charge is 0.456 e. The molecular weight excluding hydrogens is 407 g/mol. The van der Waals surface area contributed by atoms with Gasteiger partial charge in [0.15, 0.2) is 16.4 Å². The molecule has 0 aliphatic rings. The molecule has 1 aromatic carbocycles. The molecule has 0 aliphatic carbocycles. The normalized spacial score (nSPS) is 12.9. The highest BCUT2D eigenvalue weighted by atomic mass is 32.2. The minimum absolute atomic E-state index is 0.0247. The molecule has 0 spiro atoms. The molecule has 1 aromatic heterocycles. The van der Waals surface area contributed by atoms with E-state index >= 15 is 0 Å². The third-order valence-corrected chi connectivity index (χ3v) is 5.72. The molecule has 0 saturated heterocycles. The Bertz CT molecular complexity index is 975. The first-order valence-electron chi connectivity index (χ1n) is 8.03. The molecule has 0 saturated carbocycles. The number of alkyl halides is 5. The summed E-state index contributed by atoms with van der Waals surface area (Å²) in [6, 6.07) is 4.55. The maximum absolute atomic E-state index is 13.1. The second kappa shape index (κ2) is 7.61. The number of halogens is 5. The van der Waals surface area contributed by atoms with Crippen LogP contribution in [-0.2, 0) is 9.84 Å². The molecule has 2 aromatic rings. The predicted octanol–water partition coefficient (Wildman–Crippen LogP) is 4.13. The molecule has 0 bridgehead atoms. The molecule has 0 radical (unpaired) electrons. The summed E-state index contributed by atoms with van der Waals surface area (Å²) < 4.78 is 92.6. The first-order valence-corrected chi connectivity index (χ1v) is 9.68. The number of hydrogen-bond donors (Lipinski definition) is 0. The third kappa shape index (κ3) is 4.40. The Kier molecular flexibility index (Phi) is 5.98. The monoisotopic (exact) mass is 424 g/mol. The molecule has 0 fully saturated rings. The summed E-state index contributed by atoms with van der Waals surface area (Å²) in [5.41, 5.74) is 0.952. The molecule has 0 unspecified atom stereocenters. The molecule has 28 heavy (non-hydrogen) atoms. The Balaban J connectivity index is 2.50. The largest absolute Gasteiger partial charge is 0.471 e. The topological polar surface area (TPSA) is 69.2 Å². The lowest BCUT2D eigenvalue weighted by Crippen LogP contribution is -2.42. The second-order valence-electron chi connectivity index (χ2n) is 6.05. The van der Waals surface area contributed by atoms with E-state index in [0.717, 1.165) is 6.33 Å². The zero-order chi connectivity index (χ0) is 21.3. The zero-order valence-corrected chi connectivity index (χ0v) is 16.0. The minimum atomic E-state index is -5.77. The lowest BCUT2D eigenvalue weighted by Gasteiger charge is -2.20. The molecule has 11 heteroatoms. The third-order valence-electron chi connectivity index (χ3n) is 3.95. The minimum Gasteiger partial charge on any atom is -0.471 e. The number of hydrogen-bond acceptors (Lipinski definition) is 5. The van der Waals surface area contributed by atoms with Gasteiger partial charge in [0.25, 0.3) is 0 Å². The van der Waals surface area contributed by atoms with Gasteiger partial charge in [0.2, 0.25) is 5.88 Å². The van der Waals surface area contributed by atoms with E-state index in [-0.39, 0.29) is 27.5 Å². The van der Waals surface area contributed by atoms with Gasteiger partial charge >= 0.3 is 12.1 Å². The number of ether oxygens (including phenoxy) is 1. The average molecular weight is 424 g/mol. The van der Waals surface area contributed by atoms with E-state index in [9.17, 15) is 30.4 Å². The van der Waals surface area contributed by atoms with Crippen LogP contribution in [0.5, 0.6) is 5.88 Å². The van der Waals surface area contributed by atoms with Crippen LogP contribution in [0.15, 0.2) is 29.4 Å². The fourth-order valence-corrected chi connectivity index (χ4v) is 3.51. The molecule has 2 rings (SSSR count). The van der Waals surface area contributed by atoms with E-state index in [0.29, 0.717) is 5.56 Å². The summed E-state index contributed by atoms with van der Waals surface area (Å²) in [6.45, 7) is 2.54. The van der Waals surface area contributed by atoms with Crippen molar-refractivity contribution in [1.29, 1.82) is 0 Å². The van der Waals surface area contributed by atoms with Crippen LogP contribution in [0, 0.1) is 13.8 Å². The van der Waals surface area contributed by atoms with Gasteiger partial charge in [-0.2, -0.15) is 22.0 Å². The summed E-state index contributed by atoms with van der Waals surface area (Å²) >= 11 is 0. The highest BCUT2D eigenvalue weighted by Gasteiger charge is 2.58. The number of aryl methyl sites for hydroxylation is 1. The summed E-state index contributed by atoms with van der Waals surface area (Å²) in [4.78, 5) is 7.55. The fraction of sp³-hybridized carbons (Fsp3) is 0.412. The standard InChI is InChI=1S/C17H17F5N2O3S/c1-4-28(25,26)13-7-10(2)5-6-12(13)14-11(3)15(24-9-23-14)27-8-16(18,19)17(20,21)22/h5-7,9H,4,8H2,1-3H3. The number of nitrogens with zero attached hydrogens (tertiary/aromatic N) is 2. The van der Waals surface area contributed by atoms with Crippen molar-refractivity contribution in [2.75, 3.05) is 12.4 Å². The summed E-state index contributed by atoms with van der Waals surface area (Å²) in [5.74, 6) is -5.74. The van der Waals surface area contributed by atoms with Crippen LogP contribution in [0.1, 0.15) is 18.1 Å². The van der Waals surface area contributed by atoms with Gasteiger partial charge in [-0.25, -0.2) is 18.4 Å². The molecule has 0 amide bonds. The van der Waals surface area contributed by atoms with E-state index in [1.807, 2.05) is 0 Å². The molecule has 0 atom stereocenters. The lowest BCUT2D eigenvalue weighted by molar-refractivity contribution is -0.290. The van der Waals surface area contributed by atoms with Gasteiger partial charge in [0.1, 0.15) is 6.33 Å². The first-order chi connectivity index (χ1) is 12.8. The quantitative estimate of drug-likeness (QED) is 0.653. The number of aromatic nitrogens is 2. The van der Waals surface area contributed by atoms with Crippen LogP contribution in [0.2, 0.25) is 0 Å². The molecule has 1 heterocycles. The van der Waals surface area contributed by atoms with E-state index in [1.54, 1.807) is 13.0 Å². The Hall–Kier alpha value is -2.30. The number of rotatable bonds is 6. The van der Waals surface area contributed by atoms with Gasteiger partial charge in [-0.1, -0.05) is 19.1 Å². The molecule has 5 nitrogen and oxygen atoms in total. The van der Waals surface area contributed by atoms with Gasteiger partial charge in [0, 0.05) is 11.1 Å². The van der Waals surface area contributed by atoms with Gasteiger partial charge < -0.3 is 4.74 Å². The van der Waals surface area contributed by atoms with Crippen LogP contribution >= 0.6 is 0 Å². The van der Waals surface area contributed by atoms with E-state index in [4.69, 9.17) is 0 Å². The van der Waals surface area contributed by atoms with Crippen molar-refractivity contribution in [2.45, 2.75) is 37.8 Å². The lowest BCUT2D eigenvalue weighted by atomic mass is 10.1. The SMILES string of the molecule is CCS(=O)(=O)c1cc(C)ccc1-c1ncnc(OCC(F)(F)C(F)(F)F)c1C. The summed E-state index contributed by atoms with van der Waals surface area (Å²) in [5, 5.41) is 0. The molecule has 0 N–H and O–H groups in total. The van der Waals surface area contributed by atoms with Crippen LogP contribution in [0.4, 0.5) is 22.0 Å². The van der Waals surface area contributed by atoms with Crippen LogP contribution in [0.25, 0.3) is 11.3 Å². The van der Waals surface area contributed by atoms with Crippen LogP contribution < -0.4 is 4.74 Å². The van der Waals surface area contributed by atoms with E-state index in [2.05, 4.69) is 14.7 Å². The van der Waals surface area contributed by atoms with Crippen LogP contribution in [0.3, 0.4) is 0 Å². The highest BCUT2D eigenvalue weighted by Crippen LogP contribution is 2.37. The Labute approximate surface area is 158 Å². The second-order valence-corrected chi connectivity index (χ2v) is 8.29. The van der Waals surface area contributed by atoms with Crippen molar-refractivity contribution in [1.82, 2.24) is 9.97 Å². The maximum Gasteiger partial charge on any atom is 0.456 e. The Morgan fingerprint density at radius 1 is 1.07 bits per heavy atom. The number of benzene rings is 1. The van der Waals surface area contributed by atoms with Crippen molar-refractivity contribution in [3.05, 3.63) is 35.7 Å². The van der Waals surface area contributed by atoms with E-state index in [1.165, 1.54) is 26.0 Å². The predicted molar refractivity (Wildman–Crippen MR) is 91.2 cm³/mol. The van der Waals surface area contributed by atoms with Gasteiger partial charge in [-0.05, 0) is 25.5 Å². The van der Waals surface area contributed by atoms with Crippen molar-refractivity contribution in [2.24, 2.45) is 0 Å². The molecule has 0 aliphatic heterocycles. The highest BCUT2D eigenvalue weighted by molar-refractivity contribution is 7.91. The summed E-state index contributed by atoms with van der Waals surface area (Å²) in [6.07, 6.45) is -4.86. The van der Waals surface area contributed by atoms with Gasteiger partial charge in [-0.15, -0.1) is 0 Å². The fourth-order valence-electron chi connectivity index (χ4n) is 2.33. The van der Waals surface area contributed by atoms with Crippen molar-refractivity contribution >= 4 is 9.84 Å². The van der Waals surface area contributed by atoms with Crippen molar-refractivity contribution in [3.8, 4) is 17.1 Å². The van der Waals surface area contributed by atoms with Crippen molar-refractivity contribution < 1.29 is 35.1 Å². The summed E-state index contributed by atoms with van der Waals surface area (Å²) in [7, 11) is -3.65. The zero-order valence-electron chi connectivity index (χ0n) is 15.1. The average Bonchev–Trinajstić information content (AvgIpc) is 2.60. The van der Waals surface area contributed by atoms with E-state index < -0.39 is 34.4 Å². The number of sulfone groups is 1. The maximum atomic E-state index is 13.1. The van der Waals surface area contributed by atoms with Crippen LogP contribution in [-0.4, -0.2) is 42.8 Å². The van der Waals surface area contributed by atoms with Crippen molar-refractivity contribution in [3.63, 3.8) is 0 Å². The van der Waals surface area contributed by atoms with Gasteiger partial charge in [-0.3, -0.25) is 0 Å². The molecular formula is C17H17F5N2O3S. The first kappa shape index (κ1) is 22.0.